The van der Waals surface area contributed by atoms with Gasteiger partial charge in [0.2, 0.25) is 5.95 Å². The second-order valence-corrected chi connectivity index (χ2v) is 8.40. The molecule has 0 aliphatic rings. The van der Waals surface area contributed by atoms with Crippen LogP contribution in [0.15, 0.2) is 52.6 Å². The first-order valence-corrected chi connectivity index (χ1v) is 10.2. The largest absolute Gasteiger partial charge is 0.368 e. The Morgan fingerprint density at radius 1 is 1.16 bits per heavy atom. The number of aromatic nitrogens is 3. The molecule has 1 aromatic carbocycles. The molecule has 0 unspecified atom stereocenters. The van der Waals surface area contributed by atoms with E-state index in [1.54, 1.807) is 24.3 Å². The molecule has 0 bridgehead atoms. The molecular weight excluding hydrogens is 424 g/mol. The minimum absolute atomic E-state index is 0.0185. The number of hydrazone groups is 1. The first kappa shape index (κ1) is 22.8. The predicted octanol–water partition coefficient (Wildman–Crippen LogP) is 3.88. The van der Waals surface area contributed by atoms with Crippen molar-refractivity contribution in [2.75, 3.05) is 5.73 Å². The zero-order valence-electron chi connectivity index (χ0n) is 18.0. The number of hydrogen-bond acceptors (Lipinski definition) is 8. The fourth-order valence-electron chi connectivity index (χ4n) is 2.93. The highest BCUT2D eigenvalue weighted by molar-refractivity contribution is 6.38. The van der Waals surface area contributed by atoms with Gasteiger partial charge in [-0.1, -0.05) is 50.6 Å². The van der Waals surface area contributed by atoms with E-state index in [4.69, 9.17) is 23.2 Å². The van der Waals surface area contributed by atoms with Crippen LogP contribution in [0.2, 0.25) is 5.02 Å². The minimum Gasteiger partial charge on any atom is -0.368 e. The number of hydrogen-bond donors (Lipinski definition) is 2. The zero-order chi connectivity index (χ0) is 23.3. The number of nitriles is 1. The van der Waals surface area contributed by atoms with E-state index >= 15 is 0 Å². The van der Waals surface area contributed by atoms with Crippen LogP contribution in [0.5, 0.6) is 0 Å². The Morgan fingerprint density at radius 2 is 1.91 bits per heavy atom. The molecule has 32 heavy (non-hydrogen) atoms. The lowest BCUT2D eigenvalue weighted by Gasteiger charge is -2.17. The summed E-state index contributed by atoms with van der Waals surface area (Å²) >= 11 is 6.35. The Bertz CT molecular complexity index is 1240. The maximum absolute atomic E-state index is 9.23. The van der Waals surface area contributed by atoms with Crippen LogP contribution in [0.25, 0.3) is 11.3 Å². The van der Waals surface area contributed by atoms with Crippen molar-refractivity contribution in [3.8, 4) is 17.3 Å². The molecule has 0 saturated heterocycles. The molecule has 2 aromatic heterocycles. The van der Waals surface area contributed by atoms with Crippen molar-refractivity contribution in [3.05, 3.63) is 70.1 Å². The summed E-state index contributed by atoms with van der Waals surface area (Å²) in [6.45, 7) is 6.68. The molecular formula is C23H23ClN8. The van der Waals surface area contributed by atoms with E-state index in [-0.39, 0.29) is 16.4 Å². The molecule has 0 aliphatic carbocycles. The number of nitrogens with two attached hydrogens (primary N) is 2. The molecule has 0 radical (unpaired) electrons. The fourth-order valence-corrected chi connectivity index (χ4v) is 3.19. The molecule has 0 atom stereocenters. The summed E-state index contributed by atoms with van der Waals surface area (Å²) in [5, 5.41) is 13.3. The Labute approximate surface area is 191 Å². The van der Waals surface area contributed by atoms with E-state index in [1.807, 2.05) is 24.3 Å². The highest BCUT2D eigenvalue weighted by Crippen LogP contribution is 2.30. The van der Waals surface area contributed by atoms with Gasteiger partial charge in [0, 0.05) is 16.7 Å². The van der Waals surface area contributed by atoms with E-state index in [1.165, 1.54) is 6.21 Å². The lowest BCUT2D eigenvalue weighted by molar-refractivity contribution is 0.565. The molecule has 0 fully saturated rings. The lowest BCUT2D eigenvalue weighted by Crippen LogP contribution is -2.14. The Balaban J connectivity index is 1.88. The third-order valence-electron chi connectivity index (χ3n) is 4.58. The van der Waals surface area contributed by atoms with Crippen LogP contribution in [0, 0.1) is 11.3 Å². The summed E-state index contributed by atoms with van der Waals surface area (Å²) < 4.78 is 0. The van der Waals surface area contributed by atoms with Gasteiger partial charge in [0.05, 0.1) is 40.4 Å². The van der Waals surface area contributed by atoms with E-state index in [2.05, 4.69) is 45.8 Å². The smallest absolute Gasteiger partial charge is 0.221 e. The van der Waals surface area contributed by atoms with Crippen LogP contribution in [0.4, 0.5) is 5.95 Å². The number of aliphatic imine (C=N–C) groups is 1. The highest BCUT2D eigenvalue weighted by Gasteiger charge is 2.16. The summed E-state index contributed by atoms with van der Waals surface area (Å²) in [7, 11) is 0. The molecule has 0 amide bonds. The van der Waals surface area contributed by atoms with Crippen LogP contribution in [-0.4, -0.2) is 26.9 Å². The molecule has 3 aromatic rings. The highest BCUT2D eigenvalue weighted by atomic mass is 35.5. The number of nitrogens with zero attached hydrogens (tertiary/aromatic N) is 6. The molecule has 3 rings (SSSR count). The Kier molecular flexibility index (Phi) is 6.81. The number of nitrogen functional groups attached to an aromatic ring is 1. The molecule has 9 heteroatoms. The number of anilines is 1. The maximum Gasteiger partial charge on any atom is 0.221 e. The van der Waals surface area contributed by atoms with E-state index in [9.17, 15) is 5.26 Å². The Hall–Kier alpha value is -3.83. The van der Waals surface area contributed by atoms with Crippen molar-refractivity contribution in [1.82, 2.24) is 15.0 Å². The molecule has 4 N–H and O–H groups in total. The first-order chi connectivity index (χ1) is 15.2. The average Bonchev–Trinajstić information content (AvgIpc) is 2.76. The number of pyridine rings is 1. The van der Waals surface area contributed by atoms with Crippen molar-refractivity contribution in [2.24, 2.45) is 15.9 Å². The molecule has 0 spiro atoms. The third kappa shape index (κ3) is 5.25. The van der Waals surface area contributed by atoms with E-state index in [0.717, 1.165) is 11.4 Å². The normalized spacial score (nSPS) is 12.2. The molecule has 0 saturated carbocycles. The molecule has 162 valence electrons. The lowest BCUT2D eigenvalue weighted by atomic mass is 9.91. The molecule has 8 nitrogen and oxygen atoms in total. The van der Waals surface area contributed by atoms with Gasteiger partial charge in [-0.15, -0.1) is 0 Å². The van der Waals surface area contributed by atoms with Crippen LogP contribution in [-0.2, 0) is 12.0 Å². The Morgan fingerprint density at radius 3 is 2.59 bits per heavy atom. The molecule has 2 heterocycles. The zero-order valence-corrected chi connectivity index (χ0v) is 18.8. The van der Waals surface area contributed by atoms with Crippen LogP contribution >= 0.6 is 11.6 Å². The summed E-state index contributed by atoms with van der Waals surface area (Å²) in [5.41, 5.74) is 9.71. The van der Waals surface area contributed by atoms with Gasteiger partial charge in [-0.25, -0.2) is 9.97 Å². The third-order valence-corrected chi connectivity index (χ3v) is 4.99. The number of halogens is 1. The predicted molar refractivity (Wildman–Crippen MR) is 127 cm³/mol. The van der Waals surface area contributed by atoms with Gasteiger partial charge in [-0.3, -0.25) is 9.98 Å². The molecule has 0 aliphatic heterocycles. The van der Waals surface area contributed by atoms with E-state index < -0.39 is 0 Å². The van der Waals surface area contributed by atoms with E-state index in [0.29, 0.717) is 34.8 Å². The number of benzene rings is 1. The topological polar surface area (TPSA) is 139 Å². The van der Waals surface area contributed by atoms with Gasteiger partial charge < -0.3 is 11.6 Å². The summed E-state index contributed by atoms with van der Waals surface area (Å²) in [6, 6.07) is 14.7. The second-order valence-electron chi connectivity index (χ2n) is 8.02. The van der Waals surface area contributed by atoms with Crippen molar-refractivity contribution in [2.45, 2.75) is 32.7 Å². The number of rotatable bonds is 5. The van der Waals surface area contributed by atoms with Gasteiger partial charge in [0.1, 0.15) is 11.8 Å². The van der Waals surface area contributed by atoms with Gasteiger partial charge in [-0.2, -0.15) is 10.4 Å². The minimum atomic E-state index is -0.0530. The van der Waals surface area contributed by atoms with Gasteiger partial charge >= 0.3 is 0 Å². The van der Waals surface area contributed by atoms with Gasteiger partial charge in [-0.05, 0) is 24.3 Å². The SMILES string of the molecule is CC(C)(C)c1cccc(CN=CC(=NN)c2cc(-c3cccc(C#N)c3Cl)nc(N)n2)n1. The quantitative estimate of drug-likeness (QED) is 0.346. The second kappa shape index (κ2) is 9.54. The summed E-state index contributed by atoms with van der Waals surface area (Å²) in [4.78, 5) is 17.5. The van der Waals surface area contributed by atoms with Crippen molar-refractivity contribution in [1.29, 1.82) is 5.26 Å². The van der Waals surface area contributed by atoms with Gasteiger partial charge in [0.25, 0.3) is 0 Å². The van der Waals surface area contributed by atoms with Crippen molar-refractivity contribution >= 4 is 29.5 Å². The van der Waals surface area contributed by atoms with Crippen molar-refractivity contribution in [3.63, 3.8) is 0 Å². The fraction of sp³-hybridized carbons (Fsp3) is 0.217. The average molecular weight is 447 g/mol. The van der Waals surface area contributed by atoms with Gasteiger partial charge in [0.15, 0.2) is 0 Å². The van der Waals surface area contributed by atoms with Crippen LogP contribution in [0.1, 0.15) is 43.4 Å². The standard InChI is InChI=1S/C23H23ClN8/c1-23(2,3)20-9-5-7-15(29-20)12-28-13-19(32-27)18-10-17(30-22(26)31-18)16-8-4-6-14(11-25)21(16)24/h4-10,13H,12,27H2,1-3H3,(H2,26,30,31). The van der Waals surface area contributed by atoms with Crippen LogP contribution in [0.3, 0.4) is 0 Å². The van der Waals surface area contributed by atoms with Crippen molar-refractivity contribution < 1.29 is 0 Å². The monoisotopic (exact) mass is 446 g/mol. The first-order valence-electron chi connectivity index (χ1n) is 9.81. The maximum atomic E-state index is 9.23. The summed E-state index contributed by atoms with van der Waals surface area (Å²) in [6.07, 6.45) is 1.52. The summed E-state index contributed by atoms with van der Waals surface area (Å²) in [5.74, 6) is 5.61. The van der Waals surface area contributed by atoms with Crippen LogP contribution < -0.4 is 11.6 Å².